The van der Waals surface area contributed by atoms with E-state index in [4.69, 9.17) is 17.3 Å². The summed E-state index contributed by atoms with van der Waals surface area (Å²) < 4.78 is 26.7. The van der Waals surface area contributed by atoms with Crippen molar-refractivity contribution in [3.63, 3.8) is 0 Å². The summed E-state index contributed by atoms with van der Waals surface area (Å²) >= 11 is 5.82. The summed E-state index contributed by atoms with van der Waals surface area (Å²) in [6, 6.07) is 6.52. The molecule has 0 bridgehead atoms. The third-order valence-electron chi connectivity index (χ3n) is 4.00. The molecule has 0 aromatic heterocycles. The summed E-state index contributed by atoms with van der Waals surface area (Å²) in [5.41, 5.74) is 5.88. The van der Waals surface area contributed by atoms with Crippen molar-refractivity contribution in [3.8, 4) is 0 Å². The van der Waals surface area contributed by atoms with Gasteiger partial charge in [0, 0.05) is 17.6 Å². The van der Waals surface area contributed by atoms with E-state index in [-0.39, 0.29) is 18.0 Å². The number of halogens is 1. The predicted molar refractivity (Wildman–Crippen MR) is 97.8 cm³/mol. The third-order valence-corrected chi connectivity index (χ3v) is 5.69. The number of nitrogens with two attached hydrogens (primary N) is 1. The molecule has 1 aliphatic carbocycles. The highest BCUT2D eigenvalue weighted by Crippen LogP contribution is 2.17. The molecule has 0 spiro atoms. The van der Waals surface area contributed by atoms with Crippen molar-refractivity contribution in [2.45, 2.75) is 49.5 Å². The summed E-state index contributed by atoms with van der Waals surface area (Å²) in [5.74, 6) is 0.379. The largest absolute Gasteiger partial charge is 0.370 e. The van der Waals surface area contributed by atoms with E-state index in [1.165, 1.54) is 37.8 Å². The molecule has 24 heavy (non-hydrogen) atoms. The second-order valence-electron chi connectivity index (χ2n) is 5.95. The second kappa shape index (κ2) is 9.25. The Balaban J connectivity index is 1.78. The van der Waals surface area contributed by atoms with Crippen molar-refractivity contribution >= 4 is 27.6 Å². The lowest BCUT2D eigenvalue weighted by atomic mass is 10.1. The maximum Gasteiger partial charge on any atom is 0.240 e. The Morgan fingerprint density at radius 1 is 1.25 bits per heavy atom. The van der Waals surface area contributed by atoms with Crippen LogP contribution in [0, 0.1) is 0 Å². The molecular formula is C16H25ClN4O2S. The van der Waals surface area contributed by atoms with Gasteiger partial charge in [-0.25, -0.2) is 13.1 Å². The van der Waals surface area contributed by atoms with Crippen molar-refractivity contribution in [1.29, 1.82) is 0 Å². The van der Waals surface area contributed by atoms with Crippen LogP contribution in [0.5, 0.6) is 0 Å². The predicted octanol–water partition coefficient (Wildman–Crippen LogP) is 2.25. The Morgan fingerprint density at radius 2 is 1.96 bits per heavy atom. The van der Waals surface area contributed by atoms with Gasteiger partial charge in [0.05, 0.1) is 11.4 Å². The molecule has 0 unspecified atom stereocenters. The zero-order valence-electron chi connectivity index (χ0n) is 13.7. The Hall–Kier alpha value is -1.31. The summed E-state index contributed by atoms with van der Waals surface area (Å²) in [6.07, 6.45) is 7.20. The van der Waals surface area contributed by atoms with Crippen LogP contribution in [0.1, 0.15) is 38.5 Å². The molecule has 0 saturated heterocycles. The minimum Gasteiger partial charge on any atom is -0.370 e. The standard InChI is InChI=1S/C16H25ClN4O2S/c17-13-6-5-9-15(12-13)24(22,23)20-11-10-19-16(18)21-14-7-3-1-2-4-8-14/h5-6,9,12,14,20H,1-4,7-8,10-11H2,(H3,18,19,21). The van der Waals surface area contributed by atoms with Crippen LogP contribution in [-0.4, -0.2) is 33.5 Å². The van der Waals surface area contributed by atoms with E-state index in [1.54, 1.807) is 12.1 Å². The molecule has 0 aliphatic heterocycles. The SMILES string of the molecule is NC(=NCCNS(=O)(=O)c1cccc(Cl)c1)NC1CCCCCC1. The van der Waals surface area contributed by atoms with Crippen molar-refractivity contribution in [1.82, 2.24) is 10.0 Å². The molecule has 1 fully saturated rings. The number of guanidine groups is 1. The number of nitrogens with zero attached hydrogens (tertiary/aromatic N) is 1. The lowest BCUT2D eigenvalue weighted by Gasteiger charge is -2.16. The molecule has 1 saturated carbocycles. The Labute approximate surface area is 148 Å². The quantitative estimate of drug-likeness (QED) is 0.309. The van der Waals surface area contributed by atoms with Crippen molar-refractivity contribution < 1.29 is 8.42 Å². The number of hydrogen-bond acceptors (Lipinski definition) is 3. The number of sulfonamides is 1. The number of hydrogen-bond donors (Lipinski definition) is 3. The van der Waals surface area contributed by atoms with Gasteiger partial charge in [-0.1, -0.05) is 43.4 Å². The average Bonchev–Trinajstić information content (AvgIpc) is 2.80. The normalized spacial score (nSPS) is 17.5. The Kier molecular flexibility index (Phi) is 7.33. The van der Waals surface area contributed by atoms with Crippen LogP contribution in [0.3, 0.4) is 0 Å². The molecular weight excluding hydrogens is 348 g/mol. The highest BCUT2D eigenvalue weighted by Gasteiger charge is 2.14. The first-order valence-electron chi connectivity index (χ1n) is 8.29. The van der Waals surface area contributed by atoms with Gasteiger partial charge in [-0.05, 0) is 31.0 Å². The van der Waals surface area contributed by atoms with Crippen LogP contribution in [0.25, 0.3) is 0 Å². The lowest BCUT2D eigenvalue weighted by molar-refractivity contribution is 0.530. The van der Waals surface area contributed by atoms with Crippen LogP contribution in [0.2, 0.25) is 5.02 Å². The average molecular weight is 373 g/mol. The molecule has 2 rings (SSSR count). The Morgan fingerprint density at radius 3 is 2.62 bits per heavy atom. The van der Waals surface area contributed by atoms with Crippen molar-refractivity contribution in [2.24, 2.45) is 10.7 Å². The van der Waals surface area contributed by atoms with E-state index in [0.717, 1.165) is 12.8 Å². The molecule has 1 aromatic rings. The van der Waals surface area contributed by atoms with E-state index in [0.29, 0.717) is 17.0 Å². The number of aliphatic imine (C=N–C) groups is 1. The number of rotatable bonds is 6. The highest BCUT2D eigenvalue weighted by atomic mass is 35.5. The van der Waals surface area contributed by atoms with E-state index in [1.807, 2.05) is 0 Å². The smallest absolute Gasteiger partial charge is 0.240 e. The van der Waals surface area contributed by atoms with E-state index in [9.17, 15) is 8.42 Å². The first-order chi connectivity index (χ1) is 11.5. The number of nitrogens with one attached hydrogen (secondary N) is 2. The fourth-order valence-corrected chi connectivity index (χ4v) is 4.07. The first-order valence-corrected chi connectivity index (χ1v) is 10.2. The van der Waals surface area contributed by atoms with Crippen molar-refractivity contribution in [2.75, 3.05) is 13.1 Å². The zero-order chi connectivity index (χ0) is 17.4. The van der Waals surface area contributed by atoms with Crippen molar-refractivity contribution in [3.05, 3.63) is 29.3 Å². The van der Waals surface area contributed by atoms with Crippen LogP contribution < -0.4 is 15.8 Å². The van der Waals surface area contributed by atoms with Gasteiger partial charge in [0.1, 0.15) is 0 Å². The summed E-state index contributed by atoms with van der Waals surface area (Å²) in [6.45, 7) is 0.466. The summed E-state index contributed by atoms with van der Waals surface area (Å²) in [7, 11) is -3.58. The van der Waals surface area contributed by atoms with Gasteiger partial charge in [0.2, 0.25) is 10.0 Å². The van der Waals surface area contributed by atoms with Crippen LogP contribution in [0.15, 0.2) is 34.2 Å². The summed E-state index contributed by atoms with van der Waals surface area (Å²) in [4.78, 5) is 4.34. The Bertz CT molecular complexity index is 656. The molecule has 4 N–H and O–H groups in total. The number of benzene rings is 1. The van der Waals surface area contributed by atoms with Gasteiger partial charge >= 0.3 is 0 Å². The van der Waals surface area contributed by atoms with Crippen LogP contribution >= 0.6 is 11.6 Å². The van der Waals surface area contributed by atoms with Crippen LogP contribution in [0.4, 0.5) is 0 Å². The topological polar surface area (TPSA) is 96.6 Å². The van der Waals surface area contributed by atoms with Crippen LogP contribution in [-0.2, 0) is 10.0 Å². The molecule has 0 amide bonds. The molecule has 0 heterocycles. The molecule has 6 nitrogen and oxygen atoms in total. The molecule has 8 heteroatoms. The second-order valence-corrected chi connectivity index (χ2v) is 8.16. The zero-order valence-corrected chi connectivity index (χ0v) is 15.2. The van der Waals surface area contributed by atoms with Gasteiger partial charge in [-0.2, -0.15) is 0 Å². The first kappa shape index (κ1) is 19.0. The molecule has 1 aromatic carbocycles. The molecule has 134 valence electrons. The lowest BCUT2D eigenvalue weighted by Crippen LogP contribution is -2.40. The minimum absolute atomic E-state index is 0.142. The van der Waals surface area contributed by atoms with Gasteiger partial charge < -0.3 is 11.1 Å². The molecule has 0 radical (unpaired) electrons. The molecule has 1 aliphatic rings. The third kappa shape index (κ3) is 6.30. The van der Waals surface area contributed by atoms with Gasteiger partial charge in [0.25, 0.3) is 0 Å². The monoisotopic (exact) mass is 372 g/mol. The van der Waals surface area contributed by atoms with Gasteiger partial charge in [-0.3, -0.25) is 4.99 Å². The van der Waals surface area contributed by atoms with Gasteiger partial charge in [-0.15, -0.1) is 0 Å². The maximum atomic E-state index is 12.1. The van der Waals surface area contributed by atoms with Gasteiger partial charge in [0.15, 0.2) is 5.96 Å². The minimum atomic E-state index is -3.58. The van der Waals surface area contributed by atoms with E-state index < -0.39 is 10.0 Å². The highest BCUT2D eigenvalue weighted by molar-refractivity contribution is 7.89. The maximum absolute atomic E-state index is 12.1. The van der Waals surface area contributed by atoms with E-state index in [2.05, 4.69) is 15.0 Å². The fraction of sp³-hybridized carbons (Fsp3) is 0.562. The van der Waals surface area contributed by atoms with E-state index >= 15 is 0 Å². The molecule has 0 atom stereocenters. The summed E-state index contributed by atoms with van der Waals surface area (Å²) in [5, 5.41) is 3.61. The fourth-order valence-electron chi connectivity index (χ4n) is 2.75.